The molecular formula is C12H10O6. The Kier molecular flexibility index (Phi) is 4.16. The van der Waals surface area contributed by atoms with Gasteiger partial charge in [0.25, 0.3) is 0 Å². The number of carbonyl (C=O) groups excluding carboxylic acids is 1. The van der Waals surface area contributed by atoms with Crippen LogP contribution in [0, 0.1) is 11.8 Å². The van der Waals surface area contributed by atoms with Crippen LogP contribution in [0.5, 0.6) is 11.5 Å². The standard InChI is InChI=1S/C12H10O6/c1-2-18-11(15)4-3-7-5-8(12(16)17)10(14)6-9(7)13/h5-6,13-14H,2H2,1H3,(H,16,17). The van der Waals surface area contributed by atoms with Crippen LogP contribution in [0.15, 0.2) is 12.1 Å². The van der Waals surface area contributed by atoms with Crippen LogP contribution in [0.25, 0.3) is 0 Å². The van der Waals surface area contributed by atoms with Crippen molar-refractivity contribution < 1.29 is 29.6 Å². The summed E-state index contributed by atoms with van der Waals surface area (Å²) in [7, 11) is 0. The van der Waals surface area contributed by atoms with Gasteiger partial charge in [-0.3, -0.25) is 0 Å². The fraction of sp³-hybridized carbons (Fsp3) is 0.167. The molecule has 0 bridgehead atoms. The van der Waals surface area contributed by atoms with Gasteiger partial charge in [-0.25, -0.2) is 9.59 Å². The molecule has 1 aromatic carbocycles. The molecule has 0 saturated carbocycles. The van der Waals surface area contributed by atoms with Gasteiger partial charge in [-0.2, -0.15) is 0 Å². The number of carbonyl (C=O) groups is 2. The summed E-state index contributed by atoms with van der Waals surface area (Å²) in [6, 6.07) is 1.82. The van der Waals surface area contributed by atoms with Crippen LogP contribution in [-0.4, -0.2) is 33.9 Å². The Hall–Kier alpha value is -2.68. The molecule has 1 rings (SSSR count). The second-order valence-electron chi connectivity index (χ2n) is 3.16. The van der Waals surface area contributed by atoms with Crippen molar-refractivity contribution >= 4 is 11.9 Å². The Labute approximate surface area is 102 Å². The summed E-state index contributed by atoms with van der Waals surface area (Å²) in [5.74, 6) is 1.19. The van der Waals surface area contributed by atoms with E-state index in [1.807, 2.05) is 0 Å². The number of aromatic hydroxyl groups is 2. The number of carboxylic acid groups (broad SMARTS) is 1. The zero-order valence-electron chi connectivity index (χ0n) is 9.43. The molecule has 0 atom stereocenters. The quantitative estimate of drug-likeness (QED) is 0.527. The second-order valence-corrected chi connectivity index (χ2v) is 3.16. The Morgan fingerprint density at radius 1 is 1.28 bits per heavy atom. The monoisotopic (exact) mass is 250 g/mol. The maximum absolute atomic E-state index is 11.0. The molecule has 0 aromatic heterocycles. The van der Waals surface area contributed by atoms with Crippen molar-refractivity contribution in [2.24, 2.45) is 0 Å². The van der Waals surface area contributed by atoms with Crippen LogP contribution < -0.4 is 0 Å². The molecule has 1 aromatic rings. The smallest absolute Gasteiger partial charge is 0.384 e. The average molecular weight is 250 g/mol. The third kappa shape index (κ3) is 3.15. The lowest BCUT2D eigenvalue weighted by atomic mass is 10.1. The summed E-state index contributed by atoms with van der Waals surface area (Å²) >= 11 is 0. The first-order valence-corrected chi connectivity index (χ1v) is 4.93. The number of phenols is 2. The molecule has 0 saturated heterocycles. The van der Waals surface area contributed by atoms with Gasteiger partial charge in [0.1, 0.15) is 17.1 Å². The minimum absolute atomic E-state index is 0.0850. The molecule has 0 unspecified atom stereocenters. The average Bonchev–Trinajstić information content (AvgIpc) is 2.27. The number of benzene rings is 1. The van der Waals surface area contributed by atoms with Gasteiger partial charge in [0.2, 0.25) is 0 Å². The maximum Gasteiger partial charge on any atom is 0.384 e. The van der Waals surface area contributed by atoms with Crippen LogP contribution in [0.3, 0.4) is 0 Å². The predicted octanol–water partition coefficient (Wildman–Crippen LogP) is 0.711. The highest BCUT2D eigenvalue weighted by Gasteiger charge is 2.13. The number of carboxylic acids is 1. The largest absolute Gasteiger partial charge is 0.507 e. The van der Waals surface area contributed by atoms with Crippen molar-refractivity contribution in [3.63, 3.8) is 0 Å². The maximum atomic E-state index is 11.0. The van der Waals surface area contributed by atoms with Crippen LogP contribution in [0.1, 0.15) is 22.8 Å². The molecule has 0 fully saturated rings. The van der Waals surface area contributed by atoms with Crippen molar-refractivity contribution in [1.82, 2.24) is 0 Å². The van der Waals surface area contributed by atoms with E-state index in [2.05, 4.69) is 16.6 Å². The molecule has 0 amide bonds. The van der Waals surface area contributed by atoms with Crippen LogP contribution in [0.4, 0.5) is 0 Å². The van der Waals surface area contributed by atoms with Crippen molar-refractivity contribution in [2.45, 2.75) is 6.92 Å². The summed E-state index contributed by atoms with van der Waals surface area (Å²) in [5.41, 5.74) is -0.501. The lowest BCUT2D eigenvalue weighted by molar-refractivity contribution is -0.136. The highest BCUT2D eigenvalue weighted by molar-refractivity contribution is 5.92. The predicted molar refractivity (Wildman–Crippen MR) is 60.2 cm³/mol. The van der Waals surface area contributed by atoms with Crippen molar-refractivity contribution in [2.75, 3.05) is 6.61 Å². The zero-order valence-corrected chi connectivity index (χ0v) is 9.43. The third-order valence-electron chi connectivity index (χ3n) is 1.92. The molecule has 6 nitrogen and oxygen atoms in total. The number of phenolic OH excluding ortho intramolecular Hbond substituents is 1. The highest BCUT2D eigenvalue weighted by atomic mass is 16.5. The summed E-state index contributed by atoms with van der Waals surface area (Å²) < 4.78 is 4.55. The lowest BCUT2D eigenvalue weighted by Crippen LogP contribution is -2.00. The molecule has 94 valence electrons. The van der Waals surface area contributed by atoms with Gasteiger partial charge >= 0.3 is 11.9 Å². The number of esters is 1. The highest BCUT2D eigenvalue weighted by Crippen LogP contribution is 2.26. The Morgan fingerprint density at radius 3 is 2.50 bits per heavy atom. The van der Waals surface area contributed by atoms with Gasteiger partial charge in [0, 0.05) is 12.0 Å². The SMILES string of the molecule is CCOC(=O)C#Cc1cc(C(=O)O)c(O)cc1O. The van der Waals surface area contributed by atoms with E-state index in [0.29, 0.717) is 0 Å². The number of rotatable bonds is 2. The molecular weight excluding hydrogens is 240 g/mol. The van der Waals surface area contributed by atoms with E-state index >= 15 is 0 Å². The normalized spacial score (nSPS) is 9.17. The molecule has 0 heterocycles. The van der Waals surface area contributed by atoms with Crippen LogP contribution in [-0.2, 0) is 9.53 Å². The van der Waals surface area contributed by atoms with E-state index in [0.717, 1.165) is 12.1 Å². The molecule has 3 N–H and O–H groups in total. The Balaban J connectivity index is 3.13. The van der Waals surface area contributed by atoms with E-state index in [1.165, 1.54) is 0 Å². The van der Waals surface area contributed by atoms with Crippen molar-refractivity contribution in [3.8, 4) is 23.3 Å². The van der Waals surface area contributed by atoms with Crippen LogP contribution in [0.2, 0.25) is 0 Å². The molecule has 0 aliphatic heterocycles. The van der Waals surface area contributed by atoms with Gasteiger partial charge in [-0.15, -0.1) is 0 Å². The molecule has 6 heteroatoms. The van der Waals surface area contributed by atoms with E-state index in [9.17, 15) is 19.8 Å². The Morgan fingerprint density at radius 2 is 1.94 bits per heavy atom. The fourth-order valence-electron chi connectivity index (χ4n) is 1.13. The fourth-order valence-corrected chi connectivity index (χ4v) is 1.13. The Bertz CT molecular complexity index is 550. The minimum atomic E-state index is -1.37. The molecule has 0 aliphatic rings. The van der Waals surface area contributed by atoms with E-state index in [-0.39, 0.29) is 12.2 Å². The molecule has 0 radical (unpaired) electrons. The summed E-state index contributed by atoms with van der Waals surface area (Å²) in [5, 5.41) is 27.5. The summed E-state index contributed by atoms with van der Waals surface area (Å²) in [6.45, 7) is 1.77. The number of hydrogen-bond donors (Lipinski definition) is 3. The minimum Gasteiger partial charge on any atom is -0.507 e. The third-order valence-corrected chi connectivity index (χ3v) is 1.92. The van der Waals surface area contributed by atoms with Crippen LogP contribution >= 0.6 is 0 Å². The second kappa shape index (κ2) is 5.59. The first kappa shape index (κ1) is 13.4. The van der Waals surface area contributed by atoms with Gasteiger partial charge < -0.3 is 20.1 Å². The number of hydrogen-bond acceptors (Lipinski definition) is 5. The topological polar surface area (TPSA) is 104 Å². The van der Waals surface area contributed by atoms with Gasteiger partial charge in [0.15, 0.2) is 0 Å². The summed E-state index contributed by atoms with van der Waals surface area (Å²) in [6.07, 6.45) is 0. The summed E-state index contributed by atoms with van der Waals surface area (Å²) in [4.78, 5) is 21.7. The zero-order chi connectivity index (χ0) is 13.7. The molecule has 18 heavy (non-hydrogen) atoms. The lowest BCUT2D eigenvalue weighted by Gasteiger charge is -2.02. The molecule has 0 spiro atoms. The van der Waals surface area contributed by atoms with Gasteiger partial charge in [-0.1, -0.05) is 5.92 Å². The van der Waals surface area contributed by atoms with E-state index in [4.69, 9.17) is 5.11 Å². The van der Waals surface area contributed by atoms with Gasteiger partial charge in [-0.05, 0) is 13.0 Å². The first-order chi connectivity index (χ1) is 8.45. The number of ether oxygens (including phenoxy) is 1. The van der Waals surface area contributed by atoms with Gasteiger partial charge in [0.05, 0.1) is 12.2 Å². The van der Waals surface area contributed by atoms with Crippen molar-refractivity contribution in [1.29, 1.82) is 0 Å². The molecule has 0 aliphatic carbocycles. The number of aromatic carboxylic acids is 1. The van der Waals surface area contributed by atoms with Crippen molar-refractivity contribution in [3.05, 3.63) is 23.3 Å². The van der Waals surface area contributed by atoms with E-state index < -0.39 is 29.0 Å². The van der Waals surface area contributed by atoms with E-state index in [1.54, 1.807) is 6.92 Å². The first-order valence-electron chi connectivity index (χ1n) is 4.93.